The maximum Gasteiger partial charge on any atom is 0.336 e. The molecule has 1 atom stereocenters. The third-order valence-electron chi connectivity index (χ3n) is 4.64. The number of benzene rings is 1. The van der Waals surface area contributed by atoms with Crippen molar-refractivity contribution in [3.8, 4) is 0 Å². The number of fused-ring (bicyclic) bond motifs is 1. The number of aryl methyl sites for hydroxylation is 1. The molecule has 0 radical (unpaired) electrons. The molecule has 2 N–H and O–H groups in total. The van der Waals surface area contributed by atoms with Crippen molar-refractivity contribution < 1.29 is 14.1 Å². The van der Waals surface area contributed by atoms with Gasteiger partial charge in [-0.25, -0.2) is 4.79 Å². The zero-order chi connectivity index (χ0) is 19.4. The monoisotopic (exact) mass is 359 g/mol. The van der Waals surface area contributed by atoms with Gasteiger partial charge < -0.3 is 14.6 Å². The predicted molar refractivity (Wildman–Crippen MR) is 105 cm³/mol. The Morgan fingerprint density at radius 2 is 1.88 bits per heavy atom. The van der Waals surface area contributed by atoms with Crippen molar-refractivity contribution in [2.45, 2.75) is 60.0 Å². The van der Waals surface area contributed by atoms with Gasteiger partial charge in [-0.1, -0.05) is 13.8 Å². The van der Waals surface area contributed by atoms with Gasteiger partial charge in [0.05, 0.1) is 6.54 Å². The van der Waals surface area contributed by atoms with Crippen molar-refractivity contribution >= 4 is 16.9 Å². The second-order valence-electron chi connectivity index (χ2n) is 7.63. The minimum absolute atomic E-state index is 0.0304. The Balaban J connectivity index is 2.39. The minimum atomic E-state index is -0.341. The van der Waals surface area contributed by atoms with Gasteiger partial charge in [0.2, 0.25) is 0 Å². The molecule has 1 unspecified atom stereocenters. The third kappa shape index (κ3) is 4.94. The van der Waals surface area contributed by atoms with E-state index >= 15 is 0 Å². The van der Waals surface area contributed by atoms with Crippen molar-refractivity contribution in [3.05, 3.63) is 45.3 Å². The Hall–Kier alpha value is -2.14. The van der Waals surface area contributed by atoms with E-state index in [0.717, 1.165) is 28.0 Å². The highest BCUT2D eigenvalue weighted by molar-refractivity contribution is 5.82. The van der Waals surface area contributed by atoms with E-state index in [1.165, 1.54) is 5.56 Å². The lowest BCUT2D eigenvalue weighted by molar-refractivity contribution is -0.904. The number of likely N-dealkylation sites (N-methyl/N-ethyl adjacent to an activating group) is 1. The van der Waals surface area contributed by atoms with Crippen molar-refractivity contribution in [1.29, 1.82) is 0 Å². The predicted octanol–water partition coefficient (Wildman–Crippen LogP) is 2.15. The molecule has 0 saturated carbocycles. The van der Waals surface area contributed by atoms with Crippen molar-refractivity contribution in [2.24, 2.45) is 0 Å². The van der Waals surface area contributed by atoms with Crippen LogP contribution < -0.4 is 15.8 Å². The SMILES string of the molecule is CC[NH+](CC(=O)NC(C)C)Cc1cc(=O)oc2cc(C)c(C(C)C)cc12. The quantitative estimate of drug-likeness (QED) is 0.745. The first-order chi connectivity index (χ1) is 12.2. The van der Waals surface area contributed by atoms with Crippen molar-refractivity contribution in [2.75, 3.05) is 13.1 Å². The number of nitrogens with one attached hydrogen (secondary N) is 2. The van der Waals surface area contributed by atoms with E-state index < -0.39 is 0 Å². The molecule has 0 aliphatic carbocycles. The fourth-order valence-corrected chi connectivity index (χ4v) is 3.34. The maximum atomic E-state index is 12.1. The number of amides is 1. The molecule has 0 saturated heterocycles. The van der Waals surface area contributed by atoms with Crippen molar-refractivity contribution in [3.63, 3.8) is 0 Å². The van der Waals surface area contributed by atoms with Crippen LogP contribution >= 0.6 is 0 Å². The van der Waals surface area contributed by atoms with E-state index in [0.29, 0.717) is 24.6 Å². The molecule has 0 aliphatic rings. The van der Waals surface area contributed by atoms with Crippen LogP contribution in [-0.4, -0.2) is 25.0 Å². The summed E-state index contributed by atoms with van der Waals surface area (Å²) >= 11 is 0. The lowest BCUT2D eigenvalue weighted by atomic mass is 9.95. The van der Waals surface area contributed by atoms with Crippen LogP contribution in [0.25, 0.3) is 11.0 Å². The first-order valence-corrected chi connectivity index (χ1v) is 9.41. The van der Waals surface area contributed by atoms with E-state index in [-0.39, 0.29) is 17.6 Å². The van der Waals surface area contributed by atoms with Crippen LogP contribution in [0.1, 0.15) is 57.2 Å². The number of hydrogen-bond acceptors (Lipinski definition) is 3. The number of carbonyl (C=O) groups is 1. The van der Waals surface area contributed by atoms with Gasteiger partial charge in [0.25, 0.3) is 5.91 Å². The van der Waals surface area contributed by atoms with Crippen LogP contribution in [-0.2, 0) is 11.3 Å². The van der Waals surface area contributed by atoms with Crippen LogP contribution in [0.3, 0.4) is 0 Å². The Kier molecular flexibility index (Phi) is 6.59. The highest BCUT2D eigenvalue weighted by Gasteiger charge is 2.18. The second-order valence-corrected chi connectivity index (χ2v) is 7.63. The summed E-state index contributed by atoms with van der Waals surface area (Å²) < 4.78 is 5.42. The fourth-order valence-electron chi connectivity index (χ4n) is 3.34. The highest BCUT2D eigenvalue weighted by Crippen LogP contribution is 2.26. The minimum Gasteiger partial charge on any atom is -0.423 e. The van der Waals surface area contributed by atoms with Gasteiger partial charge in [0.15, 0.2) is 6.54 Å². The average molecular weight is 359 g/mol. The molecule has 26 heavy (non-hydrogen) atoms. The van der Waals surface area contributed by atoms with Gasteiger partial charge in [-0.15, -0.1) is 0 Å². The molecule has 0 spiro atoms. The molecule has 2 aromatic rings. The first-order valence-electron chi connectivity index (χ1n) is 9.41. The Morgan fingerprint density at radius 1 is 1.19 bits per heavy atom. The summed E-state index contributed by atoms with van der Waals surface area (Å²) in [5, 5.41) is 3.90. The summed E-state index contributed by atoms with van der Waals surface area (Å²) in [5.41, 5.74) is 3.60. The molecular weight excluding hydrogens is 328 g/mol. The van der Waals surface area contributed by atoms with Gasteiger partial charge in [-0.05, 0) is 56.9 Å². The third-order valence-corrected chi connectivity index (χ3v) is 4.64. The smallest absolute Gasteiger partial charge is 0.336 e. The van der Waals surface area contributed by atoms with Crippen molar-refractivity contribution in [1.82, 2.24) is 5.32 Å². The molecule has 1 aromatic heterocycles. The van der Waals surface area contributed by atoms with Crippen LogP contribution in [0.4, 0.5) is 0 Å². The van der Waals surface area contributed by atoms with Crippen LogP contribution in [0.15, 0.2) is 27.4 Å². The van der Waals surface area contributed by atoms with E-state index in [9.17, 15) is 9.59 Å². The van der Waals surface area contributed by atoms with Gasteiger partial charge >= 0.3 is 5.63 Å². The normalized spacial score (nSPS) is 12.8. The molecule has 0 fully saturated rings. The molecule has 142 valence electrons. The lowest BCUT2D eigenvalue weighted by Gasteiger charge is -2.19. The molecule has 0 aliphatic heterocycles. The fraction of sp³-hybridized carbons (Fsp3) is 0.524. The van der Waals surface area contributed by atoms with E-state index in [1.807, 2.05) is 26.8 Å². The molecule has 2 rings (SSSR count). The largest absolute Gasteiger partial charge is 0.423 e. The molecule has 1 aromatic carbocycles. The van der Waals surface area contributed by atoms with Crippen LogP contribution in [0.5, 0.6) is 0 Å². The average Bonchev–Trinajstić information content (AvgIpc) is 2.52. The summed E-state index contributed by atoms with van der Waals surface area (Å²) in [6.45, 7) is 14.1. The number of carbonyl (C=O) groups excluding carboxylic acids is 1. The van der Waals surface area contributed by atoms with Gasteiger partial charge in [0, 0.05) is 23.1 Å². The van der Waals surface area contributed by atoms with Crippen LogP contribution in [0, 0.1) is 6.92 Å². The summed E-state index contributed by atoms with van der Waals surface area (Å²) in [6, 6.07) is 5.78. The van der Waals surface area contributed by atoms with Gasteiger partial charge in [-0.3, -0.25) is 4.79 Å². The lowest BCUT2D eigenvalue weighted by Crippen LogP contribution is -3.11. The summed E-state index contributed by atoms with van der Waals surface area (Å²) in [7, 11) is 0. The summed E-state index contributed by atoms with van der Waals surface area (Å²) in [4.78, 5) is 25.2. The van der Waals surface area contributed by atoms with Crippen LogP contribution in [0.2, 0.25) is 0 Å². The van der Waals surface area contributed by atoms with Gasteiger partial charge in [0.1, 0.15) is 12.1 Å². The molecular formula is C21H31N2O3+. The molecule has 0 bridgehead atoms. The maximum absolute atomic E-state index is 12.1. The Labute approximate surface area is 155 Å². The van der Waals surface area contributed by atoms with E-state index in [4.69, 9.17) is 4.42 Å². The summed E-state index contributed by atoms with van der Waals surface area (Å²) in [6.07, 6.45) is 0. The molecule has 1 amide bonds. The first kappa shape index (κ1) is 20.2. The Bertz CT molecular complexity index is 837. The molecule has 1 heterocycles. The van der Waals surface area contributed by atoms with Gasteiger partial charge in [-0.2, -0.15) is 0 Å². The highest BCUT2D eigenvalue weighted by atomic mass is 16.4. The zero-order valence-electron chi connectivity index (χ0n) is 16.7. The number of rotatable bonds is 7. The topological polar surface area (TPSA) is 63.8 Å². The summed E-state index contributed by atoms with van der Waals surface area (Å²) in [5.74, 6) is 0.424. The standard InChI is InChI=1S/C21H30N2O3/c1-7-23(12-20(24)22-14(4)5)11-16-9-21(25)26-19-8-15(6)17(13(2)3)10-18(16)19/h8-10,13-14H,7,11-12H2,1-6H3,(H,22,24)/p+1. The van der Waals surface area contributed by atoms with E-state index in [1.54, 1.807) is 6.07 Å². The molecule has 5 nitrogen and oxygen atoms in total. The number of hydrogen-bond donors (Lipinski definition) is 2. The second kappa shape index (κ2) is 8.49. The zero-order valence-corrected chi connectivity index (χ0v) is 16.7. The Morgan fingerprint density at radius 3 is 2.46 bits per heavy atom. The van der Waals surface area contributed by atoms with E-state index in [2.05, 4.69) is 32.2 Å². The molecule has 5 heteroatoms. The number of quaternary nitrogens is 1.